The number of carbonyl (C=O) groups is 2. The first kappa shape index (κ1) is 18.4. The van der Waals surface area contributed by atoms with Crippen molar-refractivity contribution in [2.24, 2.45) is 0 Å². The molecule has 0 unspecified atom stereocenters. The van der Waals surface area contributed by atoms with Crippen molar-refractivity contribution in [3.63, 3.8) is 0 Å². The molecule has 2 aromatic rings. The third kappa shape index (κ3) is 3.71. The lowest BCUT2D eigenvalue weighted by Crippen LogP contribution is -2.27. The molecule has 0 bridgehead atoms. The van der Waals surface area contributed by atoms with Gasteiger partial charge in [0.1, 0.15) is 0 Å². The van der Waals surface area contributed by atoms with Crippen LogP contribution in [0.2, 0.25) is 5.02 Å². The number of hydrogen-bond acceptors (Lipinski definition) is 5. The number of carbonyl (C=O) groups excluding carboxylic acids is 2. The van der Waals surface area contributed by atoms with E-state index in [0.717, 1.165) is 22.9 Å². The molecule has 0 saturated carbocycles. The van der Waals surface area contributed by atoms with Crippen LogP contribution in [-0.2, 0) is 11.3 Å². The average Bonchev–Trinajstić information content (AvgIpc) is 2.90. The van der Waals surface area contributed by atoms with Crippen LogP contribution in [0.3, 0.4) is 0 Å². The molecule has 1 fully saturated rings. The van der Waals surface area contributed by atoms with Gasteiger partial charge in [0.15, 0.2) is 11.5 Å². The highest BCUT2D eigenvalue weighted by Gasteiger charge is 2.35. The van der Waals surface area contributed by atoms with E-state index in [1.54, 1.807) is 56.7 Å². The number of imide groups is 1. The van der Waals surface area contributed by atoms with E-state index in [1.165, 1.54) is 4.90 Å². The first-order valence-electron chi connectivity index (χ1n) is 7.74. The molecule has 0 aliphatic carbocycles. The van der Waals surface area contributed by atoms with Gasteiger partial charge in [0.05, 0.1) is 25.7 Å². The fourth-order valence-corrected chi connectivity index (χ4v) is 3.56. The maximum atomic E-state index is 12.6. The highest BCUT2D eigenvalue weighted by molar-refractivity contribution is 8.18. The maximum absolute atomic E-state index is 12.6. The summed E-state index contributed by atoms with van der Waals surface area (Å²) in [4.78, 5) is 26.4. The minimum Gasteiger partial charge on any atom is -0.493 e. The zero-order chi connectivity index (χ0) is 18.7. The Morgan fingerprint density at radius 2 is 1.81 bits per heavy atom. The topological polar surface area (TPSA) is 55.8 Å². The fraction of sp³-hybridized carbons (Fsp3) is 0.158. The lowest BCUT2D eigenvalue weighted by atomic mass is 10.1. The first-order chi connectivity index (χ1) is 12.5. The largest absolute Gasteiger partial charge is 0.493 e. The molecule has 26 heavy (non-hydrogen) atoms. The van der Waals surface area contributed by atoms with Crippen molar-refractivity contribution in [1.29, 1.82) is 0 Å². The molecular weight excluding hydrogens is 374 g/mol. The van der Waals surface area contributed by atoms with Crippen LogP contribution in [0.5, 0.6) is 11.5 Å². The van der Waals surface area contributed by atoms with Gasteiger partial charge in [-0.25, -0.2) is 0 Å². The van der Waals surface area contributed by atoms with Crippen molar-refractivity contribution in [3.8, 4) is 11.5 Å². The Bertz CT molecular complexity index is 897. The van der Waals surface area contributed by atoms with E-state index < -0.39 is 0 Å². The van der Waals surface area contributed by atoms with Gasteiger partial charge in [-0.3, -0.25) is 14.5 Å². The van der Waals surface area contributed by atoms with Gasteiger partial charge < -0.3 is 9.47 Å². The van der Waals surface area contributed by atoms with E-state index in [0.29, 0.717) is 21.4 Å². The summed E-state index contributed by atoms with van der Waals surface area (Å²) in [6.45, 7) is 0.146. The number of thioether (sulfide) groups is 1. The highest BCUT2D eigenvalue weighted by Crippen LogP contribution is 2.35. The smallest absolute Gasteiger partial charge is 0.293 e. The Morgan fingerprint density at radius 1 is 1.08 bits per heavy atom. The van der Waals surface area contributed by atoms with Crippen LogP contribution in [0, 0.1) is 0 Å². The summed E-state index contributed by atoms with van der Waals surface area (Å²) >= 11 is 7.04. The molecule has 1 aliphatic rings. The molecule has 0 spiro atoms. The average molecular weight is 390 g/mol. The van der Waals surface area contributed by atoms with E-state index in [9.17, 15) is 9.59 Å². The molecule has 1 heterocycles. The fourth-order valence-electron chi connectivity index (χ4n) is 2.53. The van der Waals surface area contributed by atoms with Crippen molar-refractivity contribution in [2.45, 2.75) is 6.54 Å². The third-order valence-corrected chi connectivity index (χ3v) is 5.14. The van der Waals surface area contributed by atoms with E-state index in [1.807, 2.05) is 6.07 Å². The Labute approximate surface area is 160 Å². The second kappa shape index (κ2) is 7.85. The van der Waals surface area contributed by atoms with E-state index in [2.05, 4.69) is 0 Å². The van der Waals surface area contributed by atoms with Crippen LogP contribution in [-0.4, -0.2) is 30.3 Å². The molecule has 134 valence electrons. The third-order valence-electron chi connectivity index (χ3n) is 3.87. The monoisotopic (exact) mass is 389 g/mol. The number of benzene rings is 2. The summed E-state index contributed by atoms with van der Waals surface area (Å²) in [6, 6.07) is 12.4. The number of rotatable bonds is 5. The van der Waals surface area contributed by atoms with Gasteiger partial charge in [0, 0.05) is 5.02 Å². The van der Waals surface area contributed by atoms with Gasteiger partial charge in [-0.1, -0.05) is 35.9 Å². The summed E-state index contributed by atoms with van der Waals surface area (Å²) in [6.07, 6.45) is 1.67. The van der Waals surface area contributed by atoms with Gasteiger partial charge in [0.25, 0.3) is 11.1 Å². The van der Waals surface area contributed by atoms with E-state index in [-0.39, 0.29) is 17.7 Å². The van der Waals surface area contributed by atoms with Crippen molar-refractivity contribution in [2.75, 3.05) is 14.2 Å². The maximum Gasteiger partial charge on any atom is 0.293 e. The molecule has 0 radical (unpaired) electrons. The SMILES string of the molecule is COc1ccc(C=C2SC(=O)N(Cc3ccccc3Cl)C2=O)cc1OC. The molecule has 5 nitrogen and oxygen atoms in total. The van der Waals surface area contributed by atoms with Crippen LogP contribution in [0.15, 0.2) is 47.4 Å². The predicted molar refractivity (Wildman–Crippen MR) is 103 cm³/mol. The van der Waals surface area contributed by atoms with Crippen molar-refractivity contribution in [1.82, 2.24) is 4.90 Å². The normalized spacial score (nSPS) is 15.7. The Kier molecular flexibility index (Phi) is 5.54. The van der Waals surface area contributed by atoms with Gasteiger partial charge in [-0.15, -0.1) is 0 Å². The van der Waals surface area contributed by atoms with Crippen molar-refractivity contribution in [3.05, 3.63) is 63.5 Å². The molecule has 7 heteroatoms. The van der Waals surface area contributed by atoms with Gasteiger partial charge in [0.2, 0.25) is 0 Å². The van der Waals surface area contributed by atoms with Gasteiger partial charge >= 0.3 is 0 Å². The summed E-state index contributed by atoms with van der Waals surface area (Å²) < 4.78 is 10.5. The quantitative estimate of drug-likeness (QED) is 0.700. The van der Waals surface area contributed by atoms with Gasteiger partial charge in [-0.2, -0.15) is 0 Å². The predicted octanol–water partition coefficient (Wildman–Crippen LogP) is 4.59. The molecule has 1 saturated heterocycles. The molecule has 0 atom stereocenters. The zero-order valence-electron chi connectivity index (χ0n) is 14.2. The standard InChI is InChI=1S/C19H16ClNO4S/c1-24-15-8-7-12(9-16(15)25-2)10-17-18(22)21(19(23)26-17)11-13-5-3-4-6-14(13)20/h3-10H,11H2,1-2H3. The lowest BCUT2D eigenvalue weighted by Gasteiger charge is -2.13. The van der Waals surface area contributed by atoms with Crippen LogP contribution >= 0.6 is 23.4 Å². The zero-order valence-corrected chi connectivity index (χ0v) is 15.8. The number of ether oxygens (including phenoxy) is 2. The van der Waals surface area contributed by atoms with Crippen molar-refractivity contribution >= 4 is 40.6 Å². The Morgan fingerprint density at radius 3 is 2.50 bits per heavy atom. The van der Waals surface area contributed by atoms with Gasteiger partial charge in [-0.05, 0) is 47.2 Å². The summed E-state index contributed by atoms with van der Waals surface area (Å²) in [5.74, 6) is 0.808. The molecule has 2 amide bonds. The van der Waals surface area contributed by atoms with Crippen LogP contribution in [0.4, 0.5) is 4.79 Å². The molecule has 3 rings (SSSR count). The first-order valence-corrected chi connectivity index (χ1v) is 8.93. The molecular formula is C19H16ClNO4S. The molecule has 0 N–H and O–H groups in total. The Hall–Kier alpha value is -2.44. The summed E-state index contributed by atoms with van der Waals surface area (Å²) in [7, 11) is 3.09. The van der Waals surface area contributed by atoms with Crippen molar-refractivity contribution < 1.29 is 19.1 Å². The van der Waals surface area contributed by atoms with Crippen LogP contribution in [0.1, 0.15) is 11.1 Å². The summed E-state index contributed by atoms with van der Waals surface area (Å²) in [5, 5.41) is 0.206. The Balaban J connectivity index is 1.84. The lowest BCUT2D eigenvalue weighted by molar-refractivity contribution is -0.123. The number of halogens is 1. The van der Waals surface area contributed by atoms with E-state index in [4.69, 9.17) is 21.1 Å². The van der Waals surface area contributed by atoms with Crippen LogP contribution in [0.25, 0.3) is 6.08 Å². The minimum atomic E-state index is -0.338. The number of hydrogen-bond donors (Lipinski definition) is 0. The number of amides is 2. The number of nitrogens with zero attached hydrogens (tertiary/aromatic N) is 1. The summed E-state index contributed by atoms with van der Waals surface area (Å²) in [5.41, 5.74) is 1.47. The molecule has 2 aromatic carbocycles. The number of methoxy groups -OCH3 is 2. The highest BCUT2D eigenvalue weighted by atomic mass is 35.5. The van der Waals surface area contributed by atoms with Crippen LogP contribution < -0.4 is 9.47 Å². The minimum absolute atomic E-state index is 0.146. The second-order valence-corrected chi connectivity index (χ2v) is 6.87. The second-order valence-electron chi connectivity index (χ2n) is 5.47. The molecule has 0 aromatic heterocycles. The molecule has 1 aliphatic heterocycles. The van der Waals surface area contributed by atoms with E-state index >= 15 is 0 Å².